The highest BCUT2D eigenvalue weighted by Gasteiger charge is 2.20. The van der Waals surface area contributed by atoms with Gasteiger partial charge in [0.1, 0.15) is 5.69 Å². The van der Waals surface area contributed by atoms with Crippen molar-refractivity contribution in [3.63, 3.8) is 0 Å². The molecular weight excluding hydrogens is 264 g/mol. The minimum atomic E-state index is -0.198. The van der Waals surface area contributed by atoms with Crippen molar-refractivity contribution < 1.29 is 9.59 Å². The molecule has 0 N–H and O–H groups in total. The van der Waals surface area contributed by atoms with Crippen LogP contribution in [0.25, 0.3) is 10.8 Å². The van der Waals surface area contributed by atoms with Gasteiger partial charge < -0.3 is 4.90 Å². The predicted octanol–water partition coefficient (Wildman–Crippen LogP) is 2.82. The molecule has 0 saturated carbocycles. The van der Waals surface area contributed by atoms with E-state index in [9.17, 15) is 9.59 Å². The van der Waals surface area contributed by atoms with Gasteiger partial charge in [-0.2, -0.15) is 0 Å². The SMILES string of the molecule is O=C(CC(=O)N1CCCCC1)c1cc2ccccc2cn1. The Bertz CT molecular complexity index is 675. The topological polar surface area (TPSA) is 50.3 Å². The van der Waals surface area contributed by atoms with Crippen molar-refractivity contribution in [3.8, 4) is 0 Å². The number of pyridine rings is 1. The van der Waals surface area contributed by atoms with E-state index in [0.29, 0.717) is 5.69 Å². The summed E-state index contributed by atoms with van der Waals surface area (Å²) in [6, 6.07) is 9.53. The second-order valence-corrected chi connectivity index (χ2v) is 5.46. The molecular formula is C17H18N2O2. The number of Topliss-reactive ketones (excluding diaryl/α,β-unsaturated/α-hetero) is 1. The highest BCUT2D eigenvalue weighted by Crippen LogP contribution is 2.15. The molecule has 3 rings (SSSR count). The Morgan fingerprint density at radius 3 is 2.52 bits per heavy atom. The highest BCUT2D eigenvalue weighted by atomic mass is 16.2. The molecule has 2 aromatic rings. The lowest BCUT2D eigenvalue weighted by Crippen LogP contribution is -2.36. The maximum absolute atomic E-state index is 12.2. The number of amides is 1. The van der Waals surface area contributed by atoms with Crippen LogP contribution in [0.5, 0.6) is 0 Å². The molecule has 1 amide bonds. The summed E-state index contributed by atoms with van der Waals surface area (Å²) in [5.41, 5.74) is 0.374. The van der Waals surface area contributed by atoms with Crippen molar-refractivity contribution in [1.82, 2.24) is 9.88 Å². The van der Waals surface area contributed by atoms with Crippen LogP contribution in [0.4, 0.5) is 0 Å². The second-order valence-electron chi connectivity index (χ2n) is 5.46. The summed E-state index contributed by atoms with van der Waals surface area (Å²) in [6.07, 6.45) is 4.85. The number of fused-ring (bicyclic) bond motifs is 1. The van der Waals surface area contributed by atoms with Gasteiger partial charge in [0.25, 0.3) is 0 Å². The van der Waals surface area contributed by atoms with Crippen LogP contribution in [0, 0.1) is 0 Å². The van der Waals surface area contributed by atoms with Gasteiger partial charge in [0, 0.05) is 24.7 Å². The number of rotatable bonds is 3. The summed E-state index contributed by atoms with van der Waals surface area (Å²) >= 11 is 0. The lowest BCUT2D eigenvalue weighted by molar-refractivity contribution is -0.131. The number of benzene rings is 1. The molecule has 0 spiro atoms. The van der Waals surface area contributed by atoms with Crippen LogP contribution in [0.15, 0.2) is 36.5 Å². The Kier molecular flexibility index (Phi) is 3.95. The first-order valence-corrected chi connectivity index (χ1v) is 7.40. The van der Waals surface area contributed by atoms with E-state index in [4.69, 9.17) is 0 Å². The Balaban J connectivity index is 1.72. The molecule has 1 saturated heterocycles. The number of carbonyl (C=O) groups excluding carboxylic acids is 2. The van der Waals surface area contributed by atoms with Crippen LogP contribution in [-0.2, 0) is 4.79 Å². The molecule has 1 aliphatic heterocycles. The number of likely N-dealkylation sites (tertiary alicyclic amines) is 1. The first-order valence-electron chi connectivity index (χ1n) is 7.40. The van der Waals surface area contributed by atoms with Crippen LogP contribution in [0.3, 0.4) is 0 Å². The Hall–Kier alpha value is -2.23. The number of ketones is 1. The minimum Gasteiger partial charge on any atom is -0.342 e. The molecule has 1 fully saturated rings. The molecule has 4 nitrogen and oxygen atoms in total. The fourth-order valence-corrected chi connectivity index (χ4v) is 2.72. The number of aromatic nitrogens is 1. The monoisotopic (exact) mass is 282 g/mol. The van der Waals surface area contributed by atoms with Crippen LogP contribution >= 0.6 is 0 Å². The van der Waals surface area contributed by atoms with E-state index in [0.717, 1.165) is 36.7 Å². The van der Waals surface area contributed by atoms with Gasteiger partial charge in [-0.1, -0.05) is 24.3 Å². The van der Waals surface area contributed by atoms with Gasteiger partial charge in [0.15, 0.2) is 5.78 Å². The molecule has 108 valence electrons. The summed E-state index contributed by atoms with van der Waals surface area (Å²) in [5.74, 6) is -0.272. The maximum atomic E-state index is 12.2. The fraction of sp³-hybridized carbons (Fsp3) is 0.353. The smallest absolute Gasteiger partial charge is 0.230 e. The lowest BCUT2D eigenvalue weighted by Gasteiger charge is -2.26. The predicted molar refractivity (Wildman–Crippen MR) is 81.1 cm³/mol. The van der Waals surface area contributed by atoms with Gasteiger partial charge in [-0.15, -0.1) is 0 Å². The van der Waals surface area contributed by atoms with Gasteiger partial charge >= 0.3 is 0 Å². The standard InChI is InChI=1S/C17H18N2O2/c20-16(11-17(21)19-8-4-1-5-9-19)15-10-13-6-2-3-7-14(13)12-18-15/h2-3,6-7,10,12H,1,4-5,8-9,11H2. The van der Waals surface area contributed by atoms with E-state index in [1.807, 2.05) is 24.3 Å². The summed E-state index contributed by atoms with van der Waals surface area (Å²) in [6.45, 7) is 1.55. The number of piperidine rings is 1. The van der Waals surface area contributed by atoms with E-state index in [1.54, 1.807) is 17.2 Å². The number of hydrogen-bond donors (Lipinski definition) is 0. The first kappa shape index (κ1) is 13.7. The molecule has 21 heavy (non-hydrogen) atoms. The Morgan fingerprint density at radius 1 is 1.05 bits per heavy atom. The van der Waals surface area contributed by atoms with E-state index >= 15 is 0 Å². The Labute approximate surface area is 123 Å². The average molecular weight is 282 g/mol. The molecule has 0 radical (unpaired) electrons. The van der Waals surface area contributed by atoms with Crippen molar-refractivity contribution in [2.75, 3.05) is 13.1 Å². The Morgan fingerprint density at radius 2 is 1.76 bits per heavy atom. The van der Waals surface area contributed by atoms with Gasteiger partial charge in [-0.05, 0) is 30.7 Å². The van der Waals surface area contributed by atoms with E-state index in [-0.39, 0.29) is 18.1 Å². The van der Waals surface area contributed by atoms with Crippen molar-refractivity contribution >= 4 is 22.5 Å². The molecule has 0 aliphatic carbocycles. The summed E-state index contributed by atoms with van der Waals surface area (Å²) < 4.78 is 0. The van der Waals surface area contributed by atoms with Crippen LogP contribution < -0.4 is 0 Å². The van der Waals surface area contributed by atoms with Crippen LogP contribution in [0.2, 0.25) is 0 Å². The first-order chi connectivity index (χ1) is 10.2. The normalized spacial score (nSPS) is 15.1. The van der Waals surface area contributed by atoms with Crippen molar-refractivity contribution in [3.05, 3.63) is 42.2 Å². The molecule has 0 atom stereocenters. The van der Waals surface area contributed by atoms with Gasteiger partial charge in [-0.3, -0.25) is 14.6 Å². The van der Waals surface area contributed by atoms with Gasteiger partial charge in [0.2, 0.25) is 5.91 Å². The molecule has 1 aliphatic rings. The molecule has 0 unspecified atom stereocenters. The average Bonchev–Trinajstić information content (AvgIpc) is 2.55. The van der Waals surface area contributed by atoms with Crippen molar-refractivity contribution in [2.24, 2.45) is 0 Å². The quantitative estimate of drug-likeness (QED) is 0.642. The van der Waals surface area contributed by atoms with E-state index in [1.165, 1.54) is 6.42 Å². The lowest BCUT2D eigenvalue weighted by atomic mass is 10.1. The van der Waals surface area contributed by atoms with Crippen LogP contribution in [-0.4, -0.2) is 34.7 Å². The molecule has 1 aromatic heterocycles. The molecule has 4 heteroatoms. The second kappa shape index (κ2) is 6.04. The van der Waals surface area contributed by atoms with E-state index in [2.05, 4.69) is 4.98 Å². The van der Waals surface area contributed by atoms with E-state index < -0.39 is 0 Å². The zero-order chi connectivity index (χ0) is 14.7. The third-order valence-electron chi connectivity index (χ3n) is 3.94. The molecule has 0 bridgehead atoms. The maximum Gasteiger partial charge on any atom is 0.230 e. The van der Waals surface area contributed by atoms with Crippen molar-refractivity contribution in [2.45, 2.75) is 25.7 Å². The third-order valence-corrected chi connectivity index (χ3v) is 3.94. The molecule has 1 aromatic carbocycles. The number of hydrogen-bond acceptors (Lipinski definition) is 3. The molecule has 2 heterocycles. The summed E-state index contributed by atoms with van der Waals surface area (Å²) in [7, 11) is 0. The highest BCUT2D eigenvalue weighted by molar-refractivity contribution is 6.07. The summed E-state index contributed by atoms with van der Waals surface area (Å²) in [4.78, 5) is 30.3. The third kappa shape index (κ3) is 3.10. The number of nitrogens with zero attached hydrogens (tertiary/aromatic N) is 2. The summed E-state index contributed by atoms with van der Waals surface area (Å²) in [5, 5.41) is 1.97. The largest absolute Gasteiger partial charge is 0.342 e. The van der Waals surface area contributed by atoms with Crippen LogP contribution in [0.1, 0.15) is 36.2 Å². The fourth-order valence-electron chi connectivity index (χ4n) is 2.72. The van der Waals surface area contributed by atoms with Gasteiger partial charge in [-0.25, -0.2) is 0 Å². The number of carbonyl (C=O) groups is 2. The zero-order valence-electron chi connectivity index (χ0n) is 11.9. The minimum absolute atomic E-state index is 0.0744. The zero-order valence-corrected chi connectivity index (χ0v) is 11.9. The van der Waals surface area contributed by atoms with Gasteiger partial charge in [0.05, 0.1) is 6.42 Å². The van der Waals surface area contributed by atoms with Crippen molar-refractivity contribution in [1.29, 1.82) is 0 Å².